The Kier molecular flexibility index (Phi) is 7.65. The van der Waals surface area contributed by atoms with E-state index in [1.807, 2.05) is 30.3 Å². The van der Waals surface area contributed by atoms with Gasteiger partial charge >= 0.3 is 5.97 Å². The number of aromatic nitrogens is 2. The predicted octanol–water partition coefficient (Wildman–Crippen LogP) is 5.74. The summed E-state index contributed by atoms with van der Waals surface area (Å²) >= 11 is 6.65. The Labute approximate surface area is 212 Å². The van der Waals surface area contributed by atoms with Crippen LogP contribution in [0, 0.1) is 23.3 Å². The van der Waals surface area contributed by atoms with Crippen LogP contribution in [0.2, 0.25) is 0 Å². The smallest absolute Gasteiger partial charge is 0.340 e. The highest BCUT2D eigenvalue weighted by molar-refractivity contribution is 7.80. The van der Waals surface area contributed by atoms with Gasteiger partial charge in [-0.05, 0) is 23.8 Å². The minimum atomic E-state index is -1.50. The van der Waals surface area contributed by atoms with Crippen LogP contribution in [0.25, 0.3) is 0 Å². The van der Waals surface area contributed by atoms with Crippen molar-refractivity contribution < 1.29 is 27.1 Å². The maximum Gasteiger partial charge on any atom is 0.340 e. The van der Waals surface area contributed by atoms with Crippen LogP contribution in [0.5, 0.6) is 0 Å². The van der Waals surface area contributed by atoms with Crippen LogP contribution in [-0.2, 0) is 17.7 Å². The third-order valence-corrected chi connectivity index (χ3v) is 6.30. The Hall–Kier alpha value is -3.77. The molecule has 186 valence electrons. The minimum Gasteiger partial charge on any atom is -0.465 e. The number of thiocarbonyl (C=S) groups is 1. The van der Waals surface area contributed by atoms with Crippen molar-refractivity contribution in [3.05, 3.63) is 99.6 Å². The van der Waals surface area contributed by atoms with Crippen molar-refractivity contribution in [1.29, 1.82) is 0 Å². The number of nitrogens with zero attached hydrogens (tertiary/aromatic N) is 2. The lowest BCUT2D eigenvalue weighted by molar-refractivity contribution is 0.0602. The summed E-state index contributed by atoms with van der Waals surface area (Å²) in [5.41, 5.74) is 0.580. The molecule has 0 aliphatic carbocycles. The third kappa shape index (κ3) is 5.71. The number of anilines is 2. The number of nitrogens with one attached hydrogen (secondary N) is 2. The molecule has 0 spiro atoms. The molecule has 0 atom stereocenters. The van der Waals surface area contributed by atoms with E-state index in [-0.39, 0.29) is 17.0 Å². The molecular formula is C24H18F4N4O2S2. The average Bonchev–Trinajstić information content (AvgIpc) is 3.47. The molecule has 12 heteroatoms. The van der Waals surface area contributed by atoms with Gasteiger partial charge in [0.25, 0.3) is 0 Å². The van der Waals surface area contributed by atoms with Crippen molar-refractivity contribution in [2.75, 3.05) is 17.7 Å². The number of rotatable bonds is 7. The van der Waals surface area contributed by atoms with Gasteiger partial charge in [0.15, 0.2) is 34.2 Å². The third-order valence-electron chi connectivity index (χ3n) is 5.04. The highest BCUT2D eigenvalue weighted by Crippen LogP contribution is 2.31. The first-order chi connectivity index (χ1) is 17.2. The molecule has 2 aromatic carbocycles. The molecular weight excluding hydrogens is 516 g/mol. The summed E-state index contributed by atoms with van der Waals surface area (Å²) in [4.78, 5) is 13.2. The minimum absolute atomic E-state index is 0.0904. The zero-order chi connectivity index (χ0) is 25.8. The summed E-state index contributed by atoms with van der Waals surface area (Å²) in [6.45, 7) is -0.547. The van der Waals surface area contributed by atoms with Gasteiger partial charge < -0.3 is 15.4 Å². The van der Waals surface area contributed by atoms with Crippen LogP contribution in [-0.4, -0.2) is 28.0 Å². The number of benzene rings is 2. The molecule has 0 radical (unpaired) electrons. The first-order valence-corrected chi connectivity index (χ1v) is 11.7. The average molecular weight is 535 g/mol. The molecule has 0 amide bonds. The molecule has 4 rings (SSSR count). The number of thiophene rings is 1. The van der Waals surface area contributed by atoms with Crippen molar-refractivity contribution in [1.82, 2.24) is 9.78 Å². The van der Waals surface area contributed by atoms with Gasteiger partial charge in [-0.25, -0.2) is 22.4 Å². The second kappa shape index (κ2) is 10.9. The normalized spacial score (nSPS) is 10.8. The van der Waals surface area contributed by atoms with Gasteiger partial charge in [-0.3, -0.25) is 4.68 Å². The number of hydrogen-bond donors (Lipinski definition) is 2. The molecule has 2 heterocycles. The largest absolute Gasteiger partial charge is 0.465 e. The van der Waals surface area contributed by atoms with Gasteiger partial charge in [-0.15, -0.1) is 11.3 Å². The molecule has 2 aromatic heterocycles. The first-order valence-electron chi connectivity index (χ1n) is 10.4. The fourth-order valence-corrected chi connectivity index (χ4v) is 4.73. The zero-order valence-electron chi connectivity index (χ0n) is 18.6. The van der Waals surface area contributed by atoms with E-state index >= 15 is 0 Å². The summed E-state index contributed by atoms with van der Waals surface area (Å²) in [5, 5.41) is 10.4. The van der Waals surface area contributed by atoms with Gasteiger partial charge in [-0.1, -0.05) is 30.3 Å². The fourth-order valence-electron chi connectivity index (χ4n) is 3.37. The molecule has 2 N–H and O–H groups in total. The van der Waals surface area contributed by atoms with Gasteiger partial charge in [0.05, 0.1) is 24.8 Å². The van der Waals surface area contributed by atoms with Crippen LogP contribution < -0.4 is 10.6 Å². The molecule has 0 aliphatic heterocycles. The van der Waals surface area contributed by atoms with E-state index < -0.39 is 41.3 Å². The summed E-state index contributed by atoms with van der Waals surface area (Å²) in [6.07, 6.45) is 1.96. The summed E-state index contributed by atoms with van der Waals surface area (Å²) in [7, 11) is 1.28. The molecule has 0 fully saturated rings. The van der Waals surface area contributed by atoms with Gasteiger partial charge in [-0.2, -0.15) is 5.10 Å². The second-order valence-electron chi connectivity index (χ2n) is 7.53. The Morgan fingerprint density at radius 1 is 1.06 bits per heavy atom. The van der Waals surface area contributed by atoms with Crippen molar-refractivity contribution in [3.63, 3.8) is 0 Å². The van der Waals surface area contributed by atoms with Crippen LogP contribution in [0.1, 0.15) is 26.4 Å². The monoisotopic (exact) mass is 534 g/mol. The lowest BCUT2D eigenvalue weighted by Crippen LogP contribution is -2.20. The molecule has 36 heavy (non-hydrogen) atoms. The summed E-state index contributed by atoms with van der Waals surface area (Å²) < 4.78 is 60.8. The van der Waals surface area contributed by atoms with Crippen molar-refractivity contribution in [2.24, 2.45) is 0 Å². The van der Waals surface area contributed by atoms with E-state index in [2.05, 4.69) is 15.7 Å². The number of carbonyl (C=O) groups is 1. The molecule has 0 unspecified atom stereocenters. The van der Waals surface area contributed by atoms with E-state index in [0.29, 0.717) is 17.0 Å². The van der Waals surface area contributed by atoms with Crippen molar-refractivity contribution in [2.45, 2.75) is 13.0 Å². The van der Waals surface area contributed by atoms with Crippen LogP contribution in [0.4, 0.5) is 28.4 Å². The SMILES string of the molecule is COC(=O)c1cc(Cc2ccccc2)sc1NC(=S)Nc1ccn(Cc2c(F)c(F)cc(F)c2F)n1. The Morgan fingerprint density at radius 3 is 2.42 bits per heavy atom. The topological polar surface area (TPSA) is 68.2 Å². The van der Waals surface area contributed by atoms with Gasteiger partial charge in [0.1, 0.15) is 5.00 Å². The Balaban J connectivity index is 1.46. The van der Waals surface area contributed by atoms with Gasteiger partial charge in [0, 0.05) is 29.6 Å². The zero-order valence-corrected chi connectivity index (χ0v) is 20.3. The molecule has 0 saturated carbocycles. The summed E-state index contributed by atoms with van der Waals surface area (Å²) in [6, 6.07) is 13.0. The number of ether oxygens (including phenoxy) is 1. The molecule has 4 aromatic rings. The van der Waals surface area contributed by atoms with Crippen molar-refractivity contribution in [3.8, 4) is 0 Å². The maximum atomic E-state index is 14.0. The lowest BCUT2D eigenvalue weighted by Gasteiger charge is -2.09. The standard InChI is InChI=1S/C24H18F4N4O2S2/c1-34-23(33)15-10-14(9-13-5-3-2-4-6-13)36-22(15)30-24(35)29-19-7-8-32(31-19)12-16-20(27)17(25)11-18(26)21(16)28/h2-8,10-11H,9,12H2,1H3,(H2,29,30,31,35). The van der Waals surface area contributed by atoms with E-state index in [4.69, 9.17) is 17.0 Å². The maximum absolute atomic E-state index is 14.0. The summed E-state index contributed by atoms with van der Waals surface area (Å²) in [5.74, 6) is -6.31. The molecule has 0 aliphatic rings. The van der Waals surface area contributed by atoms with Crippen LogP contribution >= 0.6 is 23.6 Å². The molecule has 0 bridgehead atoms. The highest BCUT2D eigenvalue weighted by Gasteiger charge is 2.20. The molecule has 6 nitrogen and oxygen atoms in total. The predicted molar refractivity (Wildman–Crippen MR) is 132 cm³/mol. The number of carbonyl (C=O) groups excluding carboxylic acids is 1. The van der Waals surface area contributed by atoms with E-state index in [9.17, 15) is 22.4 Å². The number of halogens is 4. The van der Waals surface area contributed by atoms with Crippen LogP contribution in [0.3, 0.4) is 0 Å². The van der Waals surface area contributed by atoms with Gasteiger partial charge in [0.2, 0.25) is 0 Å². The Bertz CT molecular complexity index is 1400. The second-order valence-corrected chi connectivity index (χ2v) is 9.08. The number of methoxy groups -OCH3 is 1. The lowest BCUT2D eigenvalue weighted by atomic mass is 10.1. The highest BCUT2D eigenvalue weighted by atomic mass is 32.1. The van der Waals surface area contributed by atoms with E-state index in [0.717, 1.165) is 15.1 Å². The molecule has 0 saturated heterocycles. The van der Waals surface area contributed by atoms with E-state index in [1.165, 1.54) is 30.7 Å². The quantitative estimate of drug-likeness (QED) is 0.137. The van der Waals surface area contributed by atoms with E-state index in [1.54, 1.807) is 6.07 Å². The van der Waals surface area contributed by atoms with Crippen LogP contribution in [0.15, 0.2) is 54.7 Å². The number of hydrogen-bond acceptors (Lipinski definition) is 5. The van der Waals surface area contributed by atoms with Crippen molar-refractivity contribution >= 4 is 45.5 Å². The number of esters is 1. The Morgan fingerprint density at radius 2 is 1.75 bits per heavy atom. The fraction of sp³-hybridized carbons (Fsp3) is 0.125. The first kappa shape index (κ1) is 25.3.